The summed E-state index contributed by atoms with van der Waals surface area (Å²) in [4.78, 5) is 2.41. The van der Waals surface area contributed by atoms with Gasteiger partial charge in [0.1, 0.15) is 0 Å². The van der Waals surface area contributed by atoms with Crippen LogP contribution in [-0.2, 0) is 6.54 Å². The zero-order valence-electron chi connectivity index (χ0n) is 12.2. The van der Waals surface area contributed by atoms with Gasteiger partial charge in [0.25, 0.3) is 0 Å². The molecule has 1 aliphatic carbocycles. The number of hydrogen-bond acceptors (Lipinski definition) is 3. The normalized spacial score (nSPS) is 15.8. The van der Waals surface area contributed by atoms with Crippen LogP contribution >= 0.6 is 15.9 Å². The molecule has 1 fully saturated rings. The molecule has 0 radical (unpaired) electrons. The topological polar surface area (TPSA) is 35.5 Å². The van der Waals surface area contributed by atoms with E-state index < -0.39 is 0 Å². The highest BCUT2D eigenvalue weighted by molar-refractivity contribution is 9.10. The van der Waals surface area contributed by atoms with Crippen molar-refractivity contribution < 1.29 is 5.11 Å². The minimum Gasteiger partial charge on any atom is -0.395 e. The Morgan fingerprint density at radius 3 is 2.75 bits per heavy atom. The van der Waals surface area contributed by atoms with Gasteiger partial charge in [0.2, 0.25) is 0 Å². The van der Waals surface area contributed by atoms with Crippen LogP contribution in [0, 0.1) is 0 Å². The maximum Gasteiger partial charge on any atom is 0.0606 e. The van der Waals surface area contributed by atoms with Gasteiger partial charge in [-0.25, -0.2) is 0 Å². The van der Waals surface area contributed by atoms with Crippen LogP contribution in [0.1, 0.15) is 38.2 Å². The minimum atomic E-state index is 0.215. The summed E-state index contributed by atoms with van der Waals surface area (Å²) in [5.74, 6) is 0. The Morgan fingerprint density at radius 1 is 1.35 bits per heavy atom. The second-order valence-corrected chi connectivity index (χ2v) is 6.32. The molecule has 112 valence electrons. The van der Waals surface area contributed by atoms with Crippen LogP contribution in [-0.4, -0.2) is 30.8 Å². The first-order valence-electron chi connectivity index (χ1n) is 7.63. The largest absolute Gasteiger partial charge is 0.395 e. The molecule has 0 aliphatic heterocycles. The van der Waals surface area contributed by atoms with Gasteiger partial charge in [-0.05, 0) is 43.1 Å². The van der Waals surface area contributed by atoms with E-state index >= 15 is 0 Å². The Kier molecular flexibility index (Phi) is 6.33. The third-order valence-corrected chi connectivity index (χ3v) is 4.52. The van der Waals surface area contributed by atoms with Crippen molar-refractivity contribution in [2.75, 3.05) is 24.6 Å². The summed E-state index contributed by atoms with van der Waals surface area (Å²) in [6, 6.07) is 7.07. The first kappa shape index (κ1) is 15.8. The molecule has 3 nitrogen and oxygen atoms in total. The van der Waals surface area contributed by atoms with E-state index in [2.05, 4.69) is 51.3 Å². The van der Waals surface area contributed by atoms with Gasteiger partial charge >= 0.3 is 0 Å². The first-order valence-corrected chi connectivity index (χ1v) is 8.42. The fourth-order valence-corrected chi connectivity index (χ4v) is 3.47. The van der Waals surface area contributed by atoms with Gasteiger partial charge < -0.3 is 15.3 Å². The van der Waals surface area contributed by atoms with Crippen molar-refractivity contribution in [3.8, 4) is 0 Å². The lowest BCUT2D eigenvalue weighted by Crippen LogP contribution is -2.36. The molecular weight excluding hydrogens is 316 g/mol. The van der Waals surface area contributed by atoms with E-state index in [4.69, 9.17) is 0 Å². The molecule has 0 saturated heterocycles. The van der Waals surface area contributed by atoms with E-state index in [0.717, 1.165) is 24.1 Å². The molecule has 0 heterocycles. The number of aliphatic hydroxyl groups excluding tert-OH is 1. The summed E-state index contributed by atoms with van der Waals surface area (Å²) in [7, 11) is 0. The van der Waals surface area contributed by atoms with Crippen molar-refractivity contribution in [3.63, 3.8) is 0 Å². The quantitative estimate of drug-likeness (QED) is 0.799. The maximum atomic E-state index is 9.41. The molecule has 1 aromatic carbocycles. The highest BCUT2D eigenvalue weighted by atomic mass is 79.9. The monoisotopic (exact) mass is 340 g/mol. The highest BCUT2D eigenvalue weighted by Gasteiger charge is 2.24. The minimum absolute atomic E-state index is 0.215. The number of nitrogens with one attached hydrogen (secondary N) is 1. The summed E-state index contributed by atoms with van der Waals surface area (Å²) in [6.45, 7) is 4.91. The summed E-state index contributed by atoms with van der Waals surface area (Å²) in [5.41, 5.74) is 2.58. The molecular formula is C16H25BrN2O. The fraction of sp³-hybridized carbons (Fsp3) is 0.625. The van der Waals surface area contributed by atoms with E-state index in [9.17, 15) is 5.11 Å². The van der Waals surface area contributed by atoms with Crippen molar-refractivity contribution in [2.24, 2.45) is 0 Å². The van der Waals surface area contributed by atoms with Crippen LogP contribution < -0.4 is 10.2 Å². The average Bonchev–Trinajstić information content (AvgIpc) is 2.97. The Labute approximate surface area is 130 Å². The van der Waals surface area contributed by atoms with Gasteiger partial charge in [0, 0.05) is 29.3 Å². The van der Waals surface area contributed by atoms with Crippen molar-refractivity contribution in [3.05, 3.63) is 28.2 Å². The van der Waals surface area contributed by atoms with Gasteiger partial charge in [0.15, 0.2) is 0 Å². The zero-order chi connectivity index (χ0) is 14.4. The second kappa shape index (κ2) is 8.01. The smallest absolute Gasteiger partial charge is 0.0606 e. The molecule has 0 aromatic heterocycles. The second-order valence-electron chi connectivity index (χ2n) is 5.41. The van der Waals surface area contributed by atoms with Gasteiger partial charge in [-0.2, -0.15) is 0 Å². The molecule has 0 spiro atoms. The van der Waals surface area contributed by atoms with Gasteiger partial charge in [-0.15, -0.1) is 0 Å². The predicted octanol–water partition coefficient (Wildman–Crippen LogP) is 3.30. The van der Waals surface area contributed by atoms with Crippen molar-refractivity contribution in [1.82, 2.24) is 5.32 Å². The predicted molar refractivity (Wildman–Crippen MR) is 88.2 cm³/mol. The molecule has 0 amide bonds. The summed E-state index contributed by atoms with van der Waals surface area (Å²) >= 11 is 3.56. The number of benzene rings is 1. The molecule has 0 bridgehead atoms. The average molecular weight is 341 g/mol. The third kappa shape index (κ3) is 3.96. The molecule has 0 unspecified atom stereocenters. The van der Waals surface area contributed by atoms with Crippen LogP contribution in [0.4, 0.5) is 5.69 Å². The summed E-state index contributed by atoms with van der Waals surface area (Å²) in [5, 5.41) is 12.8. The van der Waals surface area contributed by atoms with Gasteiger partial charge in [0.05, 0.1) is 6.61 Å². The molecule has 1 saturated carbocycles. The lowest BCUT2D eigenvalue weighted by atomic mass is 10.1. The van der Waals surface area contributed by atoms with Crippen LogP contribution in [0.3, 0.4) is 0 Å². The lowest BCUT2D eigenvalue weighted by molar-refractivity contribution is 0.297. The SMILES string of the molecule is CCNCc1cc(Br)ccc1N(CCO)C1CCCC1. The number of aliphatic hydroxyl groups is 1. The first-order chi connectivity index (χ1) is 9.76. The number of hydrogen-bond donors (Lipinski definition) is 2. The molecule has 2 rings (SSSR count). The number of nitrogens with zero attached hydrogens (tertiary/aromatic N) is 1. The lowest BCUT2D eigenvalue weighted by Gasteiger charge is -2.32. The van der Waals surface area contributed by atoms with E-state index in [1.165, 1.54) is 36.9 Å². The highest BCUT2D eigenvalue weighted by Crippen LogP contribution is 2.31. The van der Waals surface area contributed by atoms with Crippen molar-refractivity contribution >= 4 is 21.6 Å². The van der Waals surface area contributed by atoms with E-state index in [1.807, 2.05) is 0 Å². The fourth-order valence-electron chi connectivity index (χ4n) is 3.06. The standard InChI is InChI=1S/C16H25BrN2O/c1-2-18-12-13-11-14(17)7-8-16(13)19(9-10-20)15-5-3-4-6-15/h7-8,11,15,18,20H,2-6,9-10,12H2,1H3. The third-order valence-electron chi connectivity index (χ3n) is 4.02. The summed E-state index contributed by atoms with van der Waals surface area (Å²) in [6.07, 6.45) is 5.12. The number of rotatable bonds is 7. The van der Waals surface area contributed by atoms with E-state index in [1.54, 1.807) is 0 Å². The molecule has 0 atom stereocenters. The van der Waals surface area contributed by atoms with Gasteiger partial charge in [-0.1, -0.05) is 35.7 Å². The molecule has 4 heteroatoms. The molecule has 1 aliphatic rings. The van der Waals surface area contributed by atoms with Crippen LogP contribution in [0.25, 0.3) is 0 Å². The van der Waals surface area contributed by atoms with Gasteiger partial charge in [-0.3, -0.25) is 0 Å². The Balaban J connectivity index is 2.25. The Bertz CT molecular complexity index is 419. The van der Waals surface area contributed by atoms with E-state index in [0.29, 0.717) is 6.04 Å². The van der Waals surface area contributed by atoms with Crippen LogP contribution in [0.15, 0.2) is 22.7 Å². The molecule has 1 aromatic rings. The number of anilines is 1. The maximum absolute atomic E-state index is 9.41. The zero-order valence-corrected chi connectivity index (χ0v) is 13.8. The summed E-state index contributed by atoms with van der Waals surface area (Å²) < 4.78 is 1.12. The van der Waals surface area contributed by atoms with Crippen molar-refractivity contribution in [1.29, 1.82) is 0 Å². The van der Waals surface area contributed by atoms with Crippen molar-refractivity contribution in [2.45, 2.75) is 45.2 Å². The number of halogens is 1. The molecule has 20 heavy (non-hydrogen) atoms. The van der Waals surface area contributed by atoms with Crippen LogP contribution in [0.5, 0.6) is 0 Å². The Hall–Kier alpha value is -0.580. The molecule has 2 N–H and O–H groups in total. The van der Waals surface area contributed by atoms with E-state index in [-0.39, 0.29) is 6.61 Å². The van der Waals surface area contributed by atoms with Crippen LogP contribution in [0.2, 0.25) is 0 Å². The Morgan fingerprint density at radius 2 is 2.10 bits per heavy atom.